The fourth-order valence-electron chi connectivity index (χ4n) is 2.50. The molecule has 1 heterocycles. The summed E-state index contributed by atoms with van der Waals surface area (Å²) in [7, 11) is 0. The lowest BCUT2D eigenvalue weighted by Crippen LogP contribution is -2.12. The van der Waals surface area contributed by atoms with Crippen LogP contribution in [0.15, 0.2) is 66.9 Å². The van der Waals surface area contributed by atoms with Crippen molar-refractivity contribution in [1.29, 1.82) is 0 Å². The largest absolute Gasteiger partial charge is 0.322 e. The number of anilines is 1. The van der Waals surface area contributed by atoms with Crippen molar-refractivity contribution in [3.05, 3.63) is 83.6 Å². The van der Waals surface area contributed by atoms with Crippen molar-refractivity contribution < 1.29 is 4.79 Å². The van der Waals surface area contributed by atoms with Gasteiger partial charge in [-0.15, -0.1) is 0 Å². The van der Waals surface area contributed by atoms with Crippen molar-refractivity contribution in [3.8, 4) is 11.3 Å². The summed E-state index contributed by atoms with van der Waals surface area (Å²) in [5.74, 6) is -0.106. The van der Waals surface area contributed by atoms with Gasteiger partial charge in [0.2, 0.25) is 0 Å². The van der Waals surface area contributed by atoms with Crippen LogP contribution in [0.1, 0.15) is 28.4 Å². The number of hydrogen-bond donors (Lipinski definition) is 1. The van der Waals surface area contributed by atoms with Crippen molar-refractivity contribution in [2.75, 3.05) is 5.32 Å². The molecule has 3 nitrogen and oxygen atoms in total. The highest BCUT2D eigenvalue weighted by Gasteiger charge is 2.08. The molecule has 3 heteroatoms. The number of aryl methyl sites for hydroxylation is 2. The Bertz CT molecular complexity index is 836. The van der Waals surface area contributed by atoms with E-state index in [1.54, 1.807) is 0 Å². The van der Waals surface area contributed by atoms with E-state index in [-0.39, 0.29) is 5.91 Å². The maximum atomic E-state index is 12.4. The molecule has 0 saturated carbocycles. The van der Waals surface area contributed by atoms with Gasteiger partial charge in [-0.1, -0.05) is 43.3 Å². The number of aromatic nitrogens is 1. The molecule has 3 rings (SSSR count). The molecule has 0 unspecified atom stereocenters. The summed E-state index contributed by atoms with van der Waals surface area (Å²) in [6.45, 7) is 4.09. The summed E-state index contributed by atoms with van der Waals surface area (Å²) >= 11 is 0. The molecular weight excluding hydrogens is 296 g/mol. The molecule has 0 aliphatic carbocycles. The van der Waals surface area contributed by atoms with Gasteiger partial charge in [-0.3, -0.25) is 9.78 Å². The second-order valence-electron chi connectivity index (χ2n) is 5.75. The number of nitrogens with zero attached hydrogens (tertiary/aromatic N) is 1. The van der Waals surface area contributed by atoms with Gasteiger partial charge in [0.05, 0.1) is 5.69 Å². The number of amides is 1. The highest BCUT2D eigenvalue weighted by molar-refractivity contribution is 6.04. The first kappa shape index (κ1) is 15.9. The van der Waals surface area contributed by atoms with Crippen molar-refractivity contribution in [2.45, 2.75) is 20.3 Å². The molecule has 1 aromatic heterocycles. The first-order valence-corrected chi connectivity index (χ1v) is 8.09. The maximum absolute atomic E-state index is 12.4. The highest BCUT2D eigenvalue weighted by atomic mass is 16.1. The van der Waals surface area contributed by atoms with Crippen LogP contribution < -0.4 is 5.32 Å². The van der Waals surface area contributed by atoms with Gasteiger partial charge in [0.25, 0.3) is 5.91 Å². The topological polar surface area (TPSA) is 42.0 Å². The molecule has 0 bridgehead atoms. The SMILES string of the molecule is CCc1ccc(-c2ccc(C(=O)Nc3ccccc3C)cc2)nc1. The summed E-state index contributed by atoms with van der Waals surface area (Å²) in [6.07, 6.45) is 2.87. The lowest BCUT2D eigenvalue weighted by molar-refractivity contribution is 0.102. The standard InChI is InChI=1S/C21H20N2O/c1-3-16-8-13-20(22-14-16)17-9-11-18(12-10-17)21(24)23-19-7-5-4-6-15(19)2/h4-14H,3H2,1-2H3,(H,23,24). The first-order valence-electron chi connectivity index (χ1n) is 8.09. The lowest BCUT2D eigenvalue weighted by Gasteiger charge is -2.08. The number of benzene rings is 2. The van der Waals surface area contributed by atoms with E-state index in [2.05, 4.69) is 23.3 Å². The van der Waals surface area contributed by atoms with Crippen LogP contribution in [-0.2, 0) is 6.42 Å². The Balaban J connectivity index is 1.76. The number of pyridine rings is 1. The van der Waals surface area contributed by atoms with E-state index in [9.17, 15) is 4.79 Å². The van der Waals surface area contributed by atoms with Gasteiger partial charge < -0.3 is 5.32 Å². The Kier molecular flexibility index (Phi) is 4.71. The Morgan fingerprint density at radius 2 is 1.75 bits per heavy atom. The number of rotatable bonds is 4. The molecule has 0 spiro atoms. The van der Waals surface area contributed by atoms with Crippen molar-refractivity contribution in [2.24, 2.45) is 0 Å². The third-order valence-corrected chi connectivity index (χ3v) is 4.07. The average molecular weight is 316 g/mol. The predicted octanol–water partition coefficient (Wildman–Crippen LogP) is 4.87. The number of nitrogens with one attached hydrogen (secondary N) is 1. The van der Waals surface area contributed by atoms with Crippen LogP contribution in [0, 0.1) is 6.92 Å². The second kappa shape index (κ2) is 7.09. The lowest BCUT2D eigenvalue weighted by atomic mass is 10.1. The van der Waals surface area contributed by atoms with Crippen LogP contribution in [-0.4, -0.2) is 10.9 Å². The van der Waals surface area contributed by atoms with E-state index in [0.29, 0.717) is 5.56 Å². The number of para-hydroxylation sites is 1. The van der Waals surface area contributed by atoms with E-state index in [1.165, 1.54) is 5.56 Å². The van der Waals surface area contributed by atoms with Crippen molar-refractivity contribution in [3.63, 3.8) is 0 Å². The van der Waals surface area contributed by atoms with E-state index in [0.717, 1.165) is 28.9 Å². The van der Waals surface area contributed by atoms with E-state index >= 15 is 0 Å². The van der Waals surface area contributed by atoms with Gasteiger partial charge >= 0.3 is 0 Å². The molecule has 1 N–H and O–H groups in total. The average Bonchev–Trinajstić information content (AvgIpc) is 2.64. The van der Waals surface area contributed by atoms with Crippen LogP contribution in [0.2, 0.25) is 0 Å². The number of carbonyl (C=O) groups is 1. The molecule has 1 amide bonds. The van der Waals surface area contributed by atoms with Crippen LogP contribution in [0.4, 0.5) is 5.69 Å². The Labute approximate surface area is 142 Å². The molecule has 2 aromatic carbocycles. The highest BCUT2D eigenvalue weighted by Crippen LogP contribution is 2.19. The van der Waals surface area contributed by atoms with Gasteiger partial charge in [-0.2, -0.15) is 0 Å². The molecule has 0 saturated heterocycles. The summed E-state index contributed by atoms with van der Waals surface area (Å²) in [4.78, 5) is 16.8. The molecule has 120 valence electrons. The van der Waals surface area contributed by atoms with Gasteiger partial charge in [0, 0.05) is 23.0 Å². The fourth-order valence-corrected chi connectivity index (χ4v) is 2.50. The van der Waals surface area contributed by atoms with Crippen LogP contribution in [0.5, 0.6) is 0 Å². The summed E-state index contributed by atoms with van der Waals surface area (Å²) in [5, 5.41) is 2.95. The zero-order valence-electron chi connectivity index (χ0n) is 13.9. The quantitative estimate of drug-likeness (QED) is 0.746. The minimum Gasteiger partial charge on any atom is -0.322 e. The Hall–Kier alpha value is -2.94. The first-order chi connectivity index (χ1) is 11.7. The summed E-state index contributed by atoms with van der Waals surface area (Å²) in [6, 6.07) is 19.4. The molecule has 0 aliphatic heterocycles. The van der Waals surface area contributed by atoms with Crippen LogP contribution >= 0.6 is 0 Å². The number of hydrogen-bond acceptors (Lipinski definition) is 2. The Morgan fingerprint density at radius 1 is 1.00 bits per heavy atom. The maximum Gasteiger partial charge on any atom is 0.255 e. The van der Waals surface area contributed by atoms with Gasteiger partial charge in [0.1, 0.15) is 0 Å². The van der Waals surface area contributed by atoms with E-state index in [4.69, 9.17) is 0 Å². The number of carbonyl (C=O) groups excluding carboxylic acids is 1. The second-order valence-corrected chi connectivity index (χ2v) is 5.75. The van der Waals surface area contributed by atoms with Gasteiger partial charge in [-0.25, -0.2) is 0 Å². The van der Waals surface area contributed by atoms with Crippen molar-refractivity contribution in [1.82, 2.24) is 4.98 Å². The molecule has 0 aliphatic rings. The zero-order chi connectivity index (χ0) is 16.9. The third kappa shape index (κ3) is 3.51. The van der Waals surface area contributed by atoms with Crippen molar-refractivity contribution >= 4 is 11.6 Å². The molecule has 0 fully saturated rings. The van der Waals surface area contributed by atoms with Crippen LogP contribution in [0.3, 0.4) is 0 Å². The summed E-state index contributed by atoms with van der Waals surface area (Å²) < 4.78 is 0. The van der Waals surface area contributed by atoms with E-state index in [1.807, 2.05) is 67.7 Å². The molecular formula is C21H20N2O. The summed E-state index contributed by atoms with van der Waals surface area (Å²) in [5.41, 5.74) is 5.65. The van der Waals surface area contributed by atoms with E-state index < -0.39 is 0 Å². The fraction of sp³-hybridized carbons (Fsp3) is 0.143. The smallest absolute Gasteiger partial charge is 0.255 e. The Morgan fingerprint density at radius 3 is 2.38 bits per heavy atom. The molecule has 24 heavy (non-hydrogen) atoms. The molecule has 3 aromatic rings. The predicted molar refractivity (Wildman–Crippen MR) is 98.2 cm³/mol. The van der Waals surface area contributed by atoms with Crippen LogP contribution in [0.25, 0.3) is 11.3 Å². The molecule has 0 radical (unpaired) electrons. The monoisotopic (exact) mass is 316 g/mol. The minimum atomic E-state index is -0.106. The third-order valence-electron chi connectivity index (χ3n) is 4.07. The normalized spacial score (nSPS) is 10.4. The minimum absolute atomic E-state index is 0.106. The van der Waals surface area contributed by atoms with Gasteiger partial charge in [-0.05, 0) is 48.7 Å². The van der Waals surface area contributed by atoms with Gasteiger partial charge in [0.15, 0.2) is 0 Å². The zero-order valence-corrected chi connectivity index (χ0v) is 13.9. The molecule has 0 atom stereocenters.